The number of guanidine groups is 2. The molecule has 28 N–H and O–H groups in total. The number of nitrogens with zero attached hydrogens (tertiary/aromatic N) is 3. The summed E-state index contributed by atoms with van der Waals surface area (Å²) in [5.74, 6) is -18.3. The molecular weight excluding hydrogens is 1380 g/mol. The Labute approximate surface area is 610 Å². The molecule has 0 fully saturated rings. The first-order valence-corrected chi connectivity index (χ1v) is 34.4. The van der Waals surface area contributed by atoms with Gasteiger partial charge >= 0.3 is 5.97 Å². The van der Waals surface area contributed by atoms with Gasteiger partial charge in [-0.3, -0.25) is 67.5 Å². The third-order valence-corrected chi connectivity index (χ3v) is 17.1. The molecule has 0 aliphatic carbocycles. The van der Waals surface area contributed by atoms with Gasteiger partial charge in [0.2, 0.25) is 65.0 Å². The summed E-state index contributed by atoms with van der Waals surface area (Å²) >= 11 is 0. The van der Waals surface area contributed by atoms with E-state index in [2.05, 4.69) is 57.8 Å². The van der Waals surface area contributed by atoms with Gasteiger partial charge in [-0.1, -0.05) is 60.6 Å². The van der Waals surface area contributed by atoms with E-state index in [4.69, 9.17) is 39.1 Å². The highest BCUT2D eigenvalue weighted by atomic mass is 16.5. The molecular formula is C66H114N18O21. The van der Waals surface area contributed by atoms with Crippen LogP contribution < -0.4 is 82.3 Å². The van der Waals surface area contributed by atoms with Gasteiger partial charge < -0.3 is 128 Å². The topological polar surface area (TPSA) is 665 Å². The van der Waals surface area contributed by atoms with E-state index in [1.807, 2.05) is 13.8 Å². The van der Waals surface area contributed by atoms with Crippen LogP contribution in [0.15, 0.2) is 34.3 Å². The number of benzene rings is 1. The Morgan fingerprint density at radius 2 is 0.933 bits per heavy atom. The number of hydrogen-bond acceptors (Lipinski definition) is 22. The molecule has 1 rings (SSSR count). The lowest BCUT2D eigenvalue weighted by atomic mass is 9.87. The van der Waals surface area contributed by atoms with Gasteiger partial charge in [0.25, 0.3) is 5.91 Å². The number of ether oxygens (including phenoxy) is 1. The van der Waals surface area contributed by atoms with Crippen molar-refractivity contribution in [2.45, 2.75) is 231 Å². The molecule has 12 amide bonds. The summed E-state index contributed by atoms with van der Waals surface area (Å²) in [5.41, 5.74) is 33.1. The molecule has 0 radical (unpaired) electrons. The number of nitrogens with two attached hydrogens (primary N) is 6. The Morgan fingerprint density at radius 1 is 0.486 bits per heavy atom. The zero-order valence-electron chi connectivity index (χ0n) is 61.9. The first-order chi connectivity index (χ1) is 48.8. The first kappa shape index (κ1) is 93.4. The maximum atomic E-state index is 14.5. The summed E-state index contributed by atoms with van der Waals surface area (Å²) in [4.78, 5) is 186. The van der Waals surface area contributed by atoms with E-state index in [0.29, 0.717) is 6.42 Å². The third-order valence-electron chi connectivity index (χ3n) is 17.1. The molecule has 105 heavy (non-hydrogen) atoms. The number of aromatic hydroxyl groups is 1. The number of phenolic OH excluding ortho intramolecular Hbond substituents is 1. The predicted molar refractivity (Wildman–Crippen MR) is 381 cm³/mol. The highest BCUT2D eigenvalue weighted by Gasteiger charge is 2.42. The number of amides is 12. The fourth-order valence-electron chi connectivity index (χ4n) is 11.0. The van der Waals surface area contributed by atoms with E-state index in [1.165, 1.54) is 59.1 Å². The predicted octanol–water partition coefficient (Wildman–Crippen LogP) is -6.51. The van der Waals surface area contributed by atoms with Crippen molar-refractivity contribution < 1.29 is 103 Å². The van der Waals surface area contributed by atoms with Crippen LogP contribution in [-0.4, -0.2) is 248 Å². The Balaban J connectivity index is 3.74. The van der Waals surface area contributed by atoms with Crippen LogP contribution in [0.5, 0.6) is 5.75 Å². The number of aliphatic hydroxyl groups excluding tert-OH is 5. The van der Waals surface area contributed by atoms with Crippen molar-refractivity contribution in [3.63, 3.8) is 0 Å². The van der Waals surface area contributed by atoms with Crippen molar-refractivity contribution in [1.29, 1.82) is 0 Å². The van der Waals surface area contributed by atoms with Gasteiger partial charge in [-0.05, 0) is 114 Å². The van der Waals surface area contributed by atoms with Crippen LogP contribution in [0.3, 0.4) is 0 Å². The molecule has 594 valence electrons. The smallest absolute Gasteiger partial charge is 0.326 e. The summed E-state index contributed by atoms with van der Waals surface area (Å²) in [7, 11) is 2.33. The molecule has 0 spiro atoms. The minimum absolute atomic E-state index is 0.0212. The number of aliphatic carboxylic acids is 1. The van der Waals surface area contributed by atoms with E-state index >= 15 is 0 Å². The van der Waals surface area contributed by atoms with E-state index in [-0.39, 0.29) is 80.3 Å². The molecule has 0 saturated carbocycles. The standard InChI is InChI=1S/C66H114N18O21/c1-29(2)26-32(6)50(90)33(7)54(93)75-34(8)55(94)76-40(16-14-24-73-65(69)70)51(91)52(92)62(101)80-46(31(5)28-45(68)89)59(98)81-48(37(11)86)61(100)82-47(36(10)85)60(99)78-41(17-15-25-74-66(71)72)56(95)79-43(27-30(3)4)58(97)77-42(22-23-44(67)88)57(96)83-49(63(102)84(12)35(9)64(103)104)53(105-13)38-18-20-39(87)21-19-38/h18-21,29-37,40-43,46-53,85-87,90-92H,14-17,22-28H2,1-13H3,(H2,67,88)(H2,68,89)(H,75,93)(H,76,94)(H,77,97)(H,78,99)(H,79,95)(H,80,101)(H,81,98)(H,82,100)(H,83,96)(H,103,104)(H4,69,70,73)(H4,71,72,74)/t31-,32+,33+,34+,35-,36+,37+,40-,41+,42-,43-,46-,47+,48+,49+,50+,51+,52+,53+/m0/s1. The van der Waals surface area contributed by atoms with Crippen LogP contribution in [0, 0.1) is 29.6 Å². The molecule has 0 bridgehead atoms. The summed E-state index contributed by atoms with van der Waals surface area (Å²) in [6.45, 7) is 16.1. The van der Waals surface area contributed by atoms with Gasteiger partial charge in [0.15, 0.2) is 18.0 Å². The zero-order valence-corrected chi connectivity index (χ0v) is 61.9. The minimum atomic E-state index is -2.50. The Bertz CT molecular complexity index is 3130. The maximum absolute atomic E-state index is 14.5. The number of carbonyl (C=O) groups excluding carboxylic acids is 12. The highest BCUT2D eigenvalue weighted by molar-refractivity contribution is 5.99. The van der Waals surface area contributed by atoms with Gasteiger partial charge in [0.05, 0.1) is 30.3 Å². The number of phenols is 1. The lowest BCUT2D eigenvalue weighted by Crippen LogP contribution is -2.64. The van der Waals surface area contributed by atoms with Crippen molar-refractivity contribution in [2.75, 3.05) is 27.2 Å². The molecule has 1 aromatic rings. The molecule has 39 nitrogen and oxygen atoms in total. The molecule has 0 aromatic heterocycles. The van der Waals surface area contributed by atoms with Gasteiger partial charge in [0.1, 0.15) is 72.3 Å². The van der Waals surface area contributed by atoms with Crippen LogP contribution >= 0.6 is 0 Å². The molecule has 0 saturated heterocycles. The van der Waals surface area contributed by atoms with E-state index < -0.39 is 211 Å². The summed E-state index contributed by atoms with van der Waals surface area (Å²) < 4.78 is 5.64. The normalized spacial score (nSPS) is 16.8. The minimum Gasteiger partial charge on any atom is -0.508 e. The Hall–Kier alpha value is -9.57. The van der Waals surface area contributed by atoms with Crippen molar-refractivity contribution in [1.82, 2.24) is 52.8 Å². The van der Waals surface area contributed by atoms with Gasteiger partial charge in [-0.2, -0.15) is 0 Å². The van der Waals surface area contributed by atoms with E-state index in [0.717, 1.165) is 25.8 Å². The van der Waals surface area contributed by atoms with Gasteiger partial charge in [-0.25, -0.2) is 4.79 Å². The number of likely N-dealkylation sites (N-methyl/N-ethyl adjacent to an activating group) is 1. The van der Waals surface area contributed by atoms with Gasteiger partial charge in [-0.15, -0.1) is 0 Å². The zero-order chi connectivity index (χ0) is 80.6. The number of carboxylic acids is 1. The SMILES string of the molecule is CO[C@H](c1ccc(O)cc1)[C@@H](NC(=O)[C@H](CCC(N)=O)NC(=O)[C@H](CC(C)C)NC(=O)[C@@H](CCCN=C(N)N)NC(=O)[C@H](NC(=O)[C@H](NC(=O)[C@@H](NC(=O)[C@H](O)[C@H](O)[C@H](CCCN=C(N)N)NC(=O)[C@@H](C)NC(=O)[C@H](C)[C@H](O)[C@H](C)CC(C)C)[C@@H](C)CC(N)=O)[C@@H](C)O)[C@@H](C)O)C(=O)N(C)[C@@H](C)C(=O)O. The lowest BCUT2D eigenvalue weighted by Gasteiger charge is -2.33. The second kappa shape index (κ2) is 45.6. The number of primary amides is 2. The third kappa shape index (κ3) is 32.6. The summed E-state index contributed by atoms with van der Waals surface area (Å²) in [6.07, 6.45) is -12.7. The molecule has 0 aliphatic rings. The molecule has 1 aromatic carbocycles. The number of carboxylic acid groups (broad SMARTS) is 1. The van der Waals surface area contributed by atoms with Crippen molar-refractivity contribution in [2.24, 2.45) is 74.0 Å². The van der Waals surface area contributed by atoms with Crippen molar-refractivity contribution in [3.8, 4) is 5.75 Å². The maximum Gasteiger partial charge on any atom is 0.326 e. The van der Waals surface area contributed by atoms with Crippen LogP contribution in [0.1, 0.15) is 146 Å². The second-order valence-corrected chi connectivity index (χ2v) is 27.2. The van der Waals surface area contributed by atoms with E-state index in [1.54, 1.807) is 20.8 Å². The number of rotatable bonds is 48. The first-order valence-electron chi connectivity index (χ1n) is 34.4. The van der Waals surface area contributed by atoms with E-state index in [9.17, 15) is 98.1 Å². The monoisotopic (exact) mass is 1490 g/mol. The Kier molecular flexibility index (Phi) is 40.6. The number of hydrogen-bond donors (Lipinski definition) is 22. The quantitative estimate of drug-likeness (QED) is 0.0164. The van der Waals surface area contributed by atoms with Crippen LogP contribution in [-0.2, 0) is 67.1 Å². The number of carbonyl (C=O) groups is 13. The molecule has 0 unspecified atom stereocenters. The van der Waals surface area contributed by atoms with Crippen molar-refractivity contribution >= 4 is 88.8 Å². The van der Waals surface area contributed by atoms with Crippen LogP contribution in [0.4, 0.5) is 0 Å². The Morgan fingerprint density at radius 3 is 1.41 bits per heavy atom. The number of methoxy groups -OCH3 is 1. The summed E-state index contributed by atoms with van der Waals surface area (Å²) in [6, 6.07) is -11.8. The van der Waals surface area contributed by atoms with Crippen LogP contribution in [0.25, 0.3) is 0 Å². The molecule has 19 atom stereocenters. The second-order valence-electron chi connectivity index (χ2n) is 27.2. The number of aliphatic hydroxyl groups is 5. The largest absolute Gasteiger partial charge is 0.508 e. The fourth-order valence-corrected chi connectivity index (χ4v) is 11.0. The molecule has 0 heterocycles. The lowest BCUT2D eigenvalue weighted by molar-refractivity contribution is -0.151. The molecule has 0 aliphatic heterocycles. The number of nitrogens with one attached hydrogen (secondary N) is 9. The summed E-state index contributed by atoms with van der Waals surface area (Å²) in [5, 5.41) is 97.2. The number of aliphatic imine (C=N–C) groups is 2. The average molecular weight is 1500 g/mol. The van der Waals surface area contributed by atoms with Crippen molar-refractivity contribution in [3.05, 3.63) is 29.8 Å². The molecule has 39 heteroatoms. The average Bonchev–Trinajstić information content (AvgIpc) is 0.849. The fraction of sp³-hybridized carbons (Fsp3) is 0.682. The van der Waals surface area contributed by atoms with Gasteiger partial charge in [0, 0.05) is 40.1 Å². The van der Waals surface area contributed by atoms with Crippen LogP contribution in [0.2, 0.25) is 0 Å². The highest BCUT2D eigenvalue weighted by Crippen LogP contribution is 2.26.